The summed E-state index contributed by atoms with van der Waals surface area (Å²) in [6.45, 7) is 22.9. The van der Waals surface area contributed by atoms with Crippen LogP contribution in [0.1, 0.15) is 145 Å². The Morgan fingerprint density at radius 1 is 0.672 bits per heavy atom. The molecule has 1 fully saturated rings. The van der Waals surface area contributed by atoms with Gasteiger partial charge in [-0.1, -0.05) is 91.7 Å². The van der Waals surface area contributed by atoms with Gasteiger partial charge in [0.1, 0.15) is 42.3 Å². The van der Waals surface area contributed by atoms with Gasteiger partial charge in [0, 0.05) is 19.6 Å². The number of carbonyl (C=O) groups is 8. The van der Waals surface area contributed by atoms with Crippen LogP contribution < -0.4 is 48.7 Å². The smallest absolute Gasteiger partial charge is 0.247 e. The van der Waals surface area contributed by atoms with Crippen LogP contribution in [0.5, 0.6) is 0 Å². The molecule has 11 N–H and O–H groups in total. The molecule has 1 rings (SSSR count). The number of nitrogens with zero attached hydrogens (tertiary/aromatic N) is 1. The summed E-state index contributed by atoms with van der Waals surface area (Å²) in [6, 6.07) is -7.99. The molecule has 0 spiro atoms. The van der Waals surface area contributed by atoms with Crippen molar-refractivity contribution in [1.82, 2.24) is 42.1 Å². The van der Waals surface area contributed by atoms with Gasteiger partial charge in [-0.25, -0.2) is 0 Å². The van der Waals surface area contributed by atoms with Crippen LogP contribution in [0, 0.1) is 5.92 Å². The fraction of sp³-hybridized carbons (Fsp3) is 0.739. The lowest BCUT2D eigenvalue weighted by atomic mass is 9.96. The average molecular weight is 903 g/mol. The highest BCUT2D eigenvalue weighted by Gasteiger charge is 2.40. The molecule has 0 saturated carbocycles. The lowest BCUT2D eigenvalue weighted by molar-refractivity contribution is -0.142. The summed E-state index contributed by atoms with van der Waals surface area (Å²) >= 11 is 0. The minimum atomic E-state index is -1.23. The van der Waals surface area contributed by atoms with E-state index >= 15 is 0 Å². The van der Waals surface area contributed by atoms with Crippen molar-refractivity contribution in [2.24, 2.45) is 17.4 Å². The number of nitrogens with two attached hydrogens (primary N) is 2. The van der Waals surface area contributed by atoms with E-state index in [2.05, 4.69) is 50.4 Å². The molecule has 0 aromatic rings. The molecular formula is C46H82N10O8. The Bertz CT molecular complexity index is 1590. The van der Waals surface area contributed by atoms with E-state index in [1.54, 1.807) is 20.8 Å². The third kappa shape index (κ3) is 19.5. The molecule has 0 radical (unpaired) electrons. The summed E-state index contributed by atoms with van der Waals surface area (Å²) in [7, 11) is 0. The summed E-state index contributed by atoms with van der Waals surface area (Å²) in [4.78, 5) is 110. The number of nitrogens with one attached hydrogen (secondary N) is 7. The van der Waals surface area contributed by atoms with Crippen LogP contribution in [-0.4, -0.2) is 120 Å². The van der Waals surface area contributed by atoms with E-state index in [1.807, 2.05) is 27.7 Å². The summed E-state index contributed by atoms with van der Waals surface area (Å²) in [6.07, 6.45) is 7.42. The van der Waals surface area contributed by atoms with Crippen molar-refractivity contribution in [3.63, 3.8) is 0 Å². The number of unbranched alkanes of at least 4 members (excludes halogenated alkanes) is 3. The van der Waals surface area contributed by atoms with Crippen molar-refractivity contribution in [3.05, 3.63) is 24.3 Å². The number of rotatable bonds is 31. The normalized spacial score (nSPS) is 17.2. The van der Waals surface area contributed by atoms with E-state index in [4.69, 9.17) is 11.5 Å². The maximum Gasteiger partial charge on any atom is 0.247 e. The minimum absolute atomic E-state index is 0.134. The maximum atomic E-state index is 14.1. The fourth-order valence-electron chi connectivity index (χ4n) is 7.19. The van der Waals surface area contributed by atoms with Gasteiger partial charge in [-0.05, 0) is 77.2 Å². The zero-order chi connectivity index (χ0) is 48.5. The zero-order valence-electron chi connectivity index (χ0n) is 40.0. The Hall–Kier alpha value is -4.84. The molecule has 64 heavy (non-hydrogen) atoms. The highest BCUT2D eigenvalue weighted by molar-refractivity contribution is 5.98. The molecule has 8 amide bonds. The molecule has 364 valence electrons. The Labute approximate surface area is 381 Å². The summed E-state index contributed by atoms with van der Waals surface area (Å²) in [5.41, 5.74) is 12.6. The van der Waals surface area contributed by atoms with Crippen molar-refractivity contribution in [2.75, 3.05) is 19.6 Å². The number of likely N-dealkylation sites (tertiary alicyclic amines) is 1. The average Bonchev–Trinajstić information content (AvgIpc) is 3.76. The lowest BCUT2D eigenvalue weighted by Crippen LogP contribution is -2.61. The Morgan fingerprint density at radius 3 is 1.80 bits per heavy atom. The van der Waals surface area contributed by atoms with E-state index in [0.29, 0.717) is 64.3 Å². The van der Waals surface area contributed by atoms with E-state index in [0.717, 1.165) is 24.8 Å². The van der Waals surface area contributed by atoms with Crippen molar-refractivity contribution >= 4 is 47.3 Å². The number of allylic oxidation sites excluding steroid dienone is 1. The van der Waals surface area contributed by atoms with Crippen LogP contribution >= 0.6 is 0 Å². The topological polar surface area (TPSA) is 276 Å². The first kappa shape index (κ1) is 57.2. The van der Waals surface area contributed by atoms with E-state index in [9.17, 15) is 38.4 Å². The first-order chi connectivity index (χ1) is 30.3. The van der Waals surface area contributed by atoms with Gasteiger partial charge in [0.05, 0.1) is 6.04 Å². The molecule has 9 atom stereocenters. The van der Waals surface area contributed by atoms with Crippen molar-refractivity contribution in [2.45, 2.75) is 194 Å². The Kier molecular flexibility index (Phi) is 27.1. The summed E-state index contributed by atoms with van der Waals surface area (Å²) < 4.78 is 0. The minimum Gasteiger partial charge on any atom is -0.353 e. The third-order valence-electron chi connectivity index (χ3n) is 11.5. The maximum absolute atomic E-state index is 14.1. The molecular weight excluding hydrogens is 821 g/mol. The standard InChI is InChI=1S/C46H82N10O8/c1-11-15-19-32(48)40(58)53-35(21-17-13-3)46(64)56-27-18-22-36(56)43(61)52-33(20-16-12-2)41(59)51-34(24-23-28(5)6)42(60)55-38(30(9)14-4)45(63)54-37(29(7)8)44(62)50-31(10)39(57)49-26-25-47/h30-38H,5,7,11-27,47-48H2,1-4,6,8-10H3,(H,49,57)(H,50,62)(H,51,59)(H,52,61)(H,53,58)(H,54,63)(H,55,60). The first-order valence-electron chi connectivity index (χ1n) is 23.4. The lowest BCUT2D eigenvalue weighted by Gasteiger charge is -2.31. The first-order valence-corrected chi connectivity index (χ1v) is 23.4. The zero-order valence-corrected chi connectivity index (χ0v) is 40.0. The molecule has 0 aliphatic carbocycles. The van der Waals surface area contributed by atoms with Crippen LogP contribution in [0.3, 0.4) is 0 Å². The van der Waals surface area contributed by atoms with Crippen LogP contribution in [-0.2, 0) is 38.4 Å². The van der Waals surface area contributed by atoms with Gasteiger partial charge in [-0.2, -0.15) is 0 Å². The van der Waals surface area contributed by atoms with Crippen molar-refractivity contribution in [3.8, 4) is 0 Å². The number of hydrogen-bond donors (Lipinski definition) is 9. The molecule has 1 aliphatic heterocycles. The second-order valence-electron chi connectivity index (χ2n) is 17.4. The van der Waals surface area contributed by atoms with Crippen LogP contribution in [0.15, 0.2) is 24.3 Å². The molecule has 1 aliphatic rings. The van der Waals surface area contributed by atoms with Crippen molar-refractivity contribution in [1.29, 1.82) is 0 Å². The van der Waals surface area contributed by atoms with Gasteiger partial charge in [-0.15, -0.1) is 6.58 Å². The molecule has 18 nitrogen and oxygen atoms in total. The monoisotopic (exact) mass is 903 g/mol. The van der Waals surface area contributed by atoms with Gasteiger partial charge in [-0.3, -0.25) is 38.4 Å². The second-order valence-corrected chi connectivity index (χ2v) is 17.4. The number of amides is 8. The SMILES string of the molecule is C=C(C)CCC(NC(=O)C(CCCC)NC(=O)C1CCCN1C(=O)C(CCCC)NC(=O)C(N)CCCC)C(=O)NC(C(=O)NC(C(=C)C)C(=O)NC(C)C(=O)NCCN)C(C)CC. The van der Waals surface area contributed by atoms with Crippen molar-refractivity contribution < 1.29 is 38.4 Å². The van der Waals surface area contributed by atoms with Gasteiger partial charge < -0.3 is 53.6 Å². The molecule has 18 heteroatoms. The second kappa shape index (κ2) is 30.3. The predicted octanol–water partition coefficient (Wildman–Crippen LogP) is 1.86. The predicted molar refractivity (Wildman–Crippen MR) is 249 cm³/mol. The summed E-state index contributed by atoms with van der Waals surface area (Å²) in [5, 5.41) is 19.2. The number of carbonyl (C=O) groups excluding carboxylic acids is 8. The van der Waals surface area contributed by atoms with Crippen LogP contribution in [0.25, 0.3) is 0 Å². The molecule has 0 aromatic carbocycles. The molecule has 0 bridgehead atoms. The molecule has 9 unspecified atom stereocenters. The van der Waals surface area contributed by atoms with Crippen LogP contribution in [0.2, 0.25) is 0 Å². The Morgan fingerprint density at radius 2 is 1.23 bits per heavy atom. The highest BCUT2D eigenvalue weighted by Crippen LogP contribution is 2.21. The summed E-state index contributed by atoms with van der Waals surface area (Å²) in [5.74, 6) is -4.77. The largest absolute Gasteiger partial charge is 0.353 e. The molecule has 0 aromatic heterocycles. The highest BCUT2D eigenvalue weighted by atomic mass is 16.2. The Balaban J connectivity index is 3.32. The van der Waals surface area contributed by atoms with Crippen LogP contribution in [0.4, 0.5) is 0 Å². The van der Waals surface area contributed by atoms with Gasteiger partial charge >= 0.3 is 0 Å². The van der Waals surface area contributed by atoms with E-state index < -0.39 is 95.6 Å². The fourth-order valence-corrected chi connectivity index (χ4v) is 7.19. The van der Waals surface area contributed by atoms with Gasteiger partial charge in [0.15, 0.2) is 0 Å². The van der Waals surface area contributed by atoms with E-state index in [-0.39, 0.29) is 37.4 Å². The van der Waals surface area contributed by atoms with E-state index in [1.165, 1.54) is 11.8 Å². The third-order valence-corrected chi connectivity index (χ3v) is 11.5. The van der Waals surface area contributed by atoms with Gasteiger partial charge in [0.2, 0.25) is 47.3 Å². The molecule has 1 heterocycles. The molecule has 1 saturated heterocycles. The quantitative estimate of drug-likeness (QED) is 0.0456. The van der Waals surface area contributed by atoms with Gasteiger partial charge in [0.25, 0.3) is 0 Å². The number of hydrogen-bond acceptors (Lipinski definition) is 10.